The van der Waals surface area contributed by atoms with Crippen molar-refractivity contribution in [2.45, 2.75) is 18.6 Å². The van der Waals surface area contributed by atoms with Crippen molar-refractivity contribution in [3.8, 4) is 5.75 Å². The highest BCUT2D eigenvalue weighted by atomic mass is 35.5. The molecule has 5 nitrogen and oxygen atoms in total. The first kappa shape index (κ1) is 20.7. The summed E-state index contributed by atoms with van der Waals surface area (Å²) in [4.78, 5) is 16.4. The number of urea groups is 1. The van der Waals surface area contributed by atoms with E-state index < -0.39 is 18.2 Å². The number of nitrogens with one attached hydrogen (secondary N) is 2. The molecule has 2 heterocycles. The van der Waals surface area contributed by atoms with E-state index in [4.69, 9.17) is 27.9 Å². The molecule has 1 atom stereocenters. The van der Waals surface area contributed by atoms with Crippen molar-refractivity contribution < 1.29 is 22.7 Å². The zero-order valence-corrected chi connectivity index (χ0v) is 17.1. The van der Waals surface area contributed by atoms with Gasteiger partial charge in [-0.2, -0.15) is 13.2 Å². The molecule has 0 aliphatic carbocycles. The lowest BCUT2D eigenvalue weighted by molar-refractivity contribution is -0.180. The number of ether oxygens (including phenoxy) is 1. The highest BCUT2D eigenvalue weighted by Gasteiger charge is 2.50. The fourth-order valence-corrected chi connectivity index (χ4v) is 4.02. The van der Waals surface area contributed by atoms with Gasteiger partial charge in [0.2, 0.25) is 0 Å². The molecular formula is C20H16Cl2F3N3O2. The van der Waals surface area contributed by atoms with E-state index in [0.29, 0.717) is 22.2 Å². The fraction of sp³-hybridized carbons (Fsp3) is 0.250. The summed E-state index contributed by atoms with van der Waals surface area (Å²) < 4.78 is 47.4. The largest absolute Gasteiger partial charge is 0.497 e. The number of H-pyrrole nitrogens is 1. The molecule has 0 saturated carbocycles. The van der Waals surface area contributed by atoms with E-state index in [-0.39, 0.29) is 34.4 Å². The third-order valence-corrected chi connectivity index (χ3v) is 5.81. The van der Waals surface area contributed by atoms with Crippen LogP contribution >= 0.6 is 23.2 Å². The predicted octanol–water partition coefficient (Wildman–Crippen LogP) is 6.18. The van der Waals surface area contributed by atoms with Gasteiger partial charge in [-0.15, -0.1) is 0 Å². The number of methoxy groups -OCH3 is 1. The molecule has 0 spiro atoms. The summed E-state index contributed by atoms with van der Waals surface area (Å²) >= 11 is 11.8. The van der Waals surface area contributed by atoms with E-state index in [1.165, 1.54) is 25.3 Å². The average Bonchev–Trinajstić information content (AvgIpc) is 3.06. The van der Waals surface area contributed by atoms with E-state index in [2.05, 4.69) is 10.3 Å². The van der Waals surface area contributed by atoms with Gasteiger partial charge in [-0.05, 0) is 48.4 Å². The van der Waals surface area contributed by atoms with Gasteiger partial charge in [0.15, 0.2) is 6.04 Å². The van der Waals surface area contributed by atoms with Gasteiger partial charge in [-0.3, -0.25) is 0 Å². The number of fused-ring (bicyclic) bond motifs is 3. The van der Waals surface area contributed by atoms with E-state index in [9.17, 15) is 18.0 Å². The number of rotatable bonds is 2. The Labute approximate surface area is 179 Å². The van der Waals surface area contributed by atoms with Crippen LogP contribution in [-0.4, -0.2) is 35.7 Å². The Kier molecular flexibility index (Phi) is 5.23. The Hall–Kier alpha value is -2.58. The number of aromatic nitrogens is 1. The highest BCUT2D eigenvalue weighted by Crippen LogP contribution is 2.44. The third-order valence-electron chi connectivity index (χ3n) is 5.08. The maximum absolute atomic E-state index is 14.1. The van der Waals surface area contributed by atoms with E-state index in [1.807, 2.05) is 0 Å². The van der Waals surface area contributed by atoms with Gasteiger partial charge >= 0.3 is 12.2 Å². The molecule has 10 heteroatoms. The van der Waals surface area contributed by atoms with Crippen LogP contribution in [0.4, 0.5) is 23.7 Å². The predicted molar refractivity (Wildman–Crippen MR) is 110 cm³/mol. The molecule has 1 unspecified atom stereocenters. The molecule has 0 bridgehead atoms. The minimum Gasteiger partial charge on any atom is -0.497 e. The van der Waals surface area contributed by atoms with Crippen molar-refractivity contribution >= 4 is 45.8 Å². The molecule has 3 aromatic rings. The van der Waals surface area contributed by atoms with Gasteiger partial charge in [-0.25, -0.2) is 4.79 Å². The van der Waals surface area contributed by atoms with Crippen LogP contribution in [0.15, 0.2) is 36.4 Å². The Bertz CT molecular complexity index is 1130. The van der Waals surface area contributed by atoms with Crippen molar-refractivity contribution in [3.05, 3.63) is 57.7 Å². The first-order chi connectivity index (χ1) is 14.2. The lowest BCUT2D eigenvalue weighted by atomic mass is 9.97. The number of anilines is 1. The van der Waals surface area contributed by atoms with Crippen LogP contribution in [0.5, 0.6) is 5.75 Å². The van der Waals surface area contributed by atoms with Gasteiger partial charge < -0.3 is 19.9 Å². The second-order valence-electron chi connectivity index (χ2n) is 6.88. The minimum atomic E-state index is -4.67. The SMILES string of the molecule is COc1ccc2[nH]c3c(c2c1)CCN(C(=O)Nc1ccc(Cl)c(Cl)c1)C3C(F)(F)F. The molecular weight excluding hydrogens is 442 g/mol. The summed E-state index contributed by atoms with van der Waals surface area (Å²) in [5.41, 5.74) is 1.30. The van der Waals surface area contributed by atoms with Crippen LogP contribution in [0.25, 0.3) is 10.9 Å². The number of benzene rings is 2. The summed E-state index contributed by atoms with van der Waals surface area (Å²) in [6.07, 6.45) is -4.40. The molecule has 0 saturated heterocycles. The van der Waals surface area contributed by atoms with Crippen molar-refractivity contribution in [1.29, 1.82) is 0 Å². The number of amides is 2. The topological polar surface area (TPSA) is 57.4 Å². The summed E-state index contributed by atoms with van der Waals surface area (Å²) in [6, 6.07) is 6.36. The number of alkyl halides is 3. The normalized spacial score (nSPS) is 16.5. The quantitative estimate of drug-likeness (QED) is 0.482. The Balaban J connectivity index is 1.71. The van der Waals surface area contributed by atoms with Crippen LogP contribution in [0, 0.1) is 0 Å². The van der Waals surface area contributed by atoms with Crippen LogP contribution < -0.4 is 10.1 Å². The zero-order chi connectivity index (χ0) is 21.6. The lowest BCUT2D eigenvalue weighted by Gasteiger charge is -2.36. The second-order valence-corrected chi connectivity index (χ2v) is 7.69. The van der Waals surface area contributed by atoms with Gasteiger partial charge in [0.25, 0.3) is 0 Å². The summed E-state index contributed by atoms with van der Waals surface area (Å²) in [5, 5.41) is 3.59. The first-order valence-electron chi connectivity index (χ1n) is 8.97. The number of hydrogen-bond acceptors (Lipinski definition) is 2. The van der Waals surface area contributed by atoms with Crippen molar-refractivity contribution in [1.82, 2.24) is 9.88 Å². The fourth-order valence-electron chi connectivity index (χ4n) is 3.72. The van der Waals surface area contributed by atoms with Gasteiger partial charge in [0.05, 0.1) is 22.8 Å². The summed E-state index contributed by atoms with van der Waals surface area (Å²) in [7, 11) is 1.49. The Morgan fingerprint density at radius 2 is 1.97 bits per heavy atom. The molecule has 4 rings (SSSR count). The van der Waals surface area contributed by atoms with E-state index in [0.717, 1.165) is 4.90 Å². The number of aromatic amines is 1. The van der Waals surface area contributed by atoms with Crippen LogP contribution in [-0.2, 0) is 6.42 Å². The number of hydrogen-bond donors (Lipinski definition) is 2. The molecule has 1 aliphatic rings. The van der Waals surface area contributed by atoms with Gasteiger partial charge in [0.1, 0.15) is 5.75 Å². The molecule has 1 aromatic heterocycles. The second kappa shape index (κ2) is 7.59. The first-order valence-corrected chi connectivity index (χ1v) is 9.72. The van der Waals surface area contributed by atoms with Crippen molar-refractivity contribution in [2.75, 3.05) is 19.0 Å². The number of nitrogens with zero attached hydrogens (tertiary/aromatic N) is 1. The minimum absolute atomic E-state index is 0.0405. The maximum atomic E-state index is 14.1. The van der Waals surface area contributed by atoms with Gasteiger partial charge in [0, 0.05) is 23.1 Å². The van der Waals surface area contributed by atoms with Crippen LogP contribution in [0.3, 0.4) is 0 Å². The summed E-state index contributed by atoms with van der Waals surface area (Å²) in [5.74, 6) is 0.549. The standard InChI is InChI=1S/C20H16Cl2F3N3O2/c1-30-11-3-5-16-13(9-11)12-6-7-28(18(17(12)27-16)20(23,24)25)19(29)26-10-2-4-14(21)15(22)8-10/h2-5,8-9,18,27H,6-7H2,1H3,(H,26,29). The van der Waals surface area contributed by atoms with Crippen LogP contribution in [0.1, 0.15) is 17.3 Å². The molecule has 0 radical (unpaired) electrons. The van der Waals surface area contributed by atoms with Crippen LogP contribution in [0.2, 0.25) is 10.0 Å². The molecule has 1 aliphatic heterocycles. The van der Waals surface area contributed by atoms with E-state index in [1.54, 1.807) is 18.2 Å². The summed E-state index contributed by atoms with van der Waals surface area (Å²) in [6.45, 7) is -0.103. The van der Waals surface area contributed by atoms with Crippen molar-refractivity contribution in [3.63, 3.8) is 0 Å². The maximum Gasteiger partial charge on any atom is 0.414 e. The number of halogens is 5. The zero-order valence-electron chi connectivity index (χ0n) is 15.6. The number of carbonyl (C=O) groups is 1. The Morgan fingerprint density at radius 3 is 2.63 bits per heavy atom. The monoisotopic (exact) mass is 457 g/mol. The molecule has 2 N–H and O–H groups in total. The van der Waals surface area contributed by atoms with Crippen molar-refractivity contribution in [2.24, 2.45) is 0 Å². The molecule has 30 heavy (non-hydrogen) atoms. The molecule has 2 amide bonds. The van der Waals surface area contributed by atoms with Gasteiger partial charge in [-0.1, -0.05) is 23.2 Å². The number of carbonyl (C=O) groups excluding carboxylic acids is 1. The molecule has 2 aromatic carbocycles. The average molecular weight is 458 g/mol. The highest BCUT2D eigenvalue weighted by molar-refractivity contribution is 6.42. The lowest BCUT2D eigenvalue weighted by Crippen LogP contribution is -2.48. The molecule has 158 valence electrons. The Morgan fingerprint density at radius 1 is 1.20 bits per heavy atom. The molecule has 0 fully saturated rings. The van der Waals surface area contributed by atoms with E-state index >= 15 is 0 Å². The third kappa shape index (κ3) is 3.65. The smallest absolute Gasteiger partial charge is 0.414 e.